The van der Waals surface area contributed by atoms with Gasteiger partial charge in [0.05, 0.1) is 12.3 Å². The van der Waals surface area contributed by atoms with Crippen LogP contribution in [0.4, 0.5) is 4.39 Å². The number of hydrogen-bond acceptors (Lipinski definition) is 2. The van der Waals surface area contributed by atoms with Crippen LogP contribution in [0.15, 0.2) is 36.7 Å². The standard InChI is InChI=1S/C11H8FN3/c12-11-4-2-1-3-10(11)9-7-14-15(8-9)6-5-13/h1-4,7-8H,6H2. The monoisotopic (exact) mass is 201 g/mol. The Morgan fingerprint density at radius 2 is 2.20 bits per heavy atom. The number of nitriles is 1. The molecule has 15 heavy (non-hydrogen) atoms. The van der Waals surface area contributed by atoms with E-state index in [9.17, 15) is 4.39 Å². The largest absolute Gasteiger partial charge is 0.258 e. The molecule has 0 aliphatic heterocycles. The summed E-state index contributed by atoms with van der Waals surface area (Å²) in [5.41, 5.74) is 1.19. The fourth-order valence-corrected chi connectivity index (χ4v) is 1.36. The smallest absolute Gasteiger partial charge is 0.131 e. The first-order valence-electron chi connectivity index (χ1n) is 4.45. The third-order valence-corrected chi connectivity index (χ3v) is 2.05. The minimum absolute atomic E-state index is 0.175. The molecule has 0 radical (unpaired) electrons. The number of nitrogens with zero attached hydrogens (tertiary/aromatic N) is 3. The quantitative estimate of drug-likeness (QED) is 0.747. The zero-order valence-electron chi connectivity index (χ0n) is 7.89. The first-order chi connectivity index (χ1) is 7.31. The van der Waals surface area contributed by atoms with Gasteiger partial charge in [-0.1, -0.05) is 18.2 Å². The van der Waals surface area contributed by atoms with Gasteiger partial charge < -0.3 is 0 Å². The summed E-state index contributed by atoms with van der Waals surface area (Å²) in [6.45, 7) is 0.175. The predicted molar refractivity (Wildman–Crippen MR) is 53.2 cm³/mol. The van der Waals surface area contributed by atoms with Gasteiger partial charge in [-0.05, 0) is 6.07 Å². The van der Waals surface area contributed by atoms with E-state index in [-0.39, 0.29) is 12.4 Å². The maximum Gasteiger partial charge on any atom is 0.131 e. The zero-order valence-corrected chi connectivity index (χ0v) is 7.89. The number of benzene rings is 1. The summed E-state index contributed by atoms with van der Waals surface area (Å²) in [5, 5.41) is 12.4. The van der Waals surface area contributed by atoms with Gasteiger partial charge in [-0.2, -0.15) is 10.4 Å². The summed E-state index contributed by atoms with van der Waals surface area (Å²) in [6, 6.07) is 8.45. The van der Waals surface area contributed by atoms with Crippen LogP contribution in [0.25, 0.3) is 11.1 Å². The highest BCUT2D eigenvalue weighted by Gasteiger charge is 2.05. The summed E-state index contributed by atoms with van der Waals surface area (Å²) in [7, 11) is 0. The van der Waals surface area contributed by atoms with Crippen molar-refractivity contribution >= 4 is 0 Å². The third-order valence-electron chi connectivity index (χ3n) is 2.05. The van der Waals surface area contributed by atoms with Crippen LogP contribution in [0.2, 0.25) is 0 Å². The van der Waals surface area contributed by atoms with Gasteiger partial charge in [-0.15, -0.1) is 0 Å². The van der Waals surface area contributed by atoms with Crippen molar-refractivity contribution in [2.45, 2.75) is 6.54 Å². The van der Waals surface area contributed by atoms with E-state index in [1.807, 2.05) is 6.07 Å². The fraction of sp³-hybridized carbons (Fsp3) is 0.0909. The van der Waals surface area contributed by atoms with Crippen molar-refractivity contribution in [3.8, 4) is 17.2 Å². The number of rotatable bonds is 2. The van der Waals surface area contributed by atoms with E-state index >= 15 is 0 Å². The summed E-state index contributed by atoms with van der Waals surface area (Å²) >= 11 is 0. The summed E-state index contributed by atoms with van der Waals surface area (Å²) in [4.78, 5) is 0. The van der Waals surface area contributed by atoms with Crippen LogP contribution in [0.3, 0.4) is 0 Å². The fourth-order valence-electron chi connectivity index (χ4n) is 1.36. The first-order valence-corrected chi connectivity index (χ1v) is 4.45. The normalized spacial score (nSPS) is 9.87. The van der Waals surface area contributed by atoms with Gasteiger partial charge in [0.25, 0.3) is 0 Å². The molecule has 0 fully saturated rings. The van der Waals surface area contributed by atoms with Gasteiger partial charge in [0.15, 0.2) is 0 Å². The van der Waals surface area contributed by atoms with Crippen molar-refractivity contribution in [2.75, 3.05) is 0 Å². The molecule has 4 heteroatoms. The van der Waals surface area contributed by atoms with Crippen LogP contribution >= 0.6 is 0 Å². The molecule has 74 valence electrons. The lowest BCUT2D eigenvalue weighted by Gasteiger charge is -1.97. The van der Waals surface area contributed by atoms with E-state index in [4.69, 9.17) is 5.26 Å². The number of aromatic nitrogens is 2. The van der Waals surface area contributed by atoms with Crippen molar-refractivity contribution in [3.05, 3.63) is 42.5 Å². The highest BCUT2D eigenvalue weighted by Crippen LogP contribution is 2.21. The molecule has 0 spiro atoms. The highest BCUT2D eigenvalue weighted by atomic mass is 19.1. The molecule has 0 unspecified atom stereocenters. The van der Waals surface area contributed by atoms with Crippen molar-refractivity contribution in [1.29, 1.82) is 5.26 Å². The Bertz CT molecular complexity index is 511. The Balaban J connectivity index is 2.38. The molecular formula is C11H8FN3. The van der Waals surface area contributed by atoms with Crippen molar-refractivity contribution in [2.24, 2.45) is 0 Å². The van der Waals surface area contributed by atoms with Gasteiger partial charge in [0.1, 0.15) is 12.4 Å². The Morgan fingerprint density at radius 3 is 2.93 bits per heavy atom. The topological polar surface area (TPSA) is 41.6 Å². The second-order valence-corrected chi connectivity index (χ2v) is 3.06. The molecule has 0 amide bonds. The molecule has 2 aromatic rings. The van der Waals surface area contributed by atoms with Crippen molar-refractivity contribution in [1.82, 2.24) is 9.78 Å². The predicted octanol–water partition coefficient (Wildman–Crippen LogP) is 2.21. The molecule has 0 aliphatic rings. The first kappa shape index (κ1) is 9.41. The molecule has 0 bridgehead atoms. The average molecular weight is 201 g/mol. The Labute approximate surface area is 86.4 Å². The molecule has 0 N–H and O–H groups in total. The molecular weight excluding hydrogens is 193 g/mol. The van der Waals surface area contributed by atoms with Crippen molar-refractivity contribution < 1.29 is 4.39 Å². The van der Waals surface area contributed by atoms with E-state index in [1.54, 1.807) is 30.6 Å². The molecule has 0 saturated carbocycles. The van der Waals surface area contributed by atoms with Crippen LogP contribution in [0, 0.1) is 17.1 Å². The van der Waals surface area contributed by atoms with Gasteiger partial charge in [-0.3, -0.25) is 4.68 Å². The number of hydrogen-bond donors (Lipinski definition) is 0. The third kappa shape index (κ3) is 1.86. The van der Waals surface area contributed by atoms with Crippen LogP contribution in [0.1, 0.15) is 0 Å². The minimum atomic E-state index is -0.283. The van der Waals surface area contributed by atoms with Gasteiger partial charge >= 0.3 is 0 Å². The van der Waals surface area contributed by atoms with Crippen LogP contribution < -0.4 is 0 Å². The Morgan fingerprint density at radius 1 is 1.40 bits per heavy atom. The summed E-state index contributed by atoms with van der Waals surface area (Å²) in [5.74, 6) is -0.283. The van der Waals surface area contributed by atoms with Crippen LogP contribution in [-0.2, 0) is 6.54 Å². The lowest BCUT2D eigenvalue weighted by atomic mass is 10.1. The molecule has 0 atom stereocenters. The SMILES string of the molecule is N#CCn1cc(-c2ccccc2F)cn1. The van der Waals surface area contributed by atoms with E-state index < -0.39 is 0 Å². The molecule has 3 nitrogen and oxygen atoms in total. The maximum absolute atomic E-state index is 13.4. The second-order valence-electron chi connectivity index (χ2n) is 3.06. The van der Waals surface area contributed by atoms with Gasteiger partial charge in [-0.25, -0.2) is 4.39 Å². The highest BCUT2D eigenvalue weighted by molar-refractivity contribution is 5.62. The van der Waals surface area contributed by atoms with Gasteiger partial charge in [0, 0.05) is 17.3 Å². The zero-order chi connectivity index (χ0) is 10.7. The lowest BCUT2D eigenvalue weighted by Crippen LogP contribution is -1.94. The van der Waals surface area contributed by atoms with Crippen LogP contribution in [-0.4, -0.2) is 9.78 Å². The molecule has 2 rings (SSSR count). The second kappa shape index (κ2) is 3.93. The van der Waals surface area contributed by atoms with E-state index in [2.05, 4.69) is 5.10 Å². The molecule has 1 heterocycles. The minimum Gasteiger partial charge on any atom is -0.258 e. The lowest BCUT2D eigenvalue weighted by molar-refractivity contribution is 0.631. The summed E-state index contributed by atoms with van der Waals surface area (Å²) in [6.07, 6.45) is 3.21. The van der Waals surface area contributed by atoms with Gasteiger partial charge in [0.2, 0.25) is 0 Å². The van der Waals surface area contributed by atoms with E-state index in [0.29, 0.717) is 11.1 Å². The molecule has 0 aliphatic carbocycles. The molecule has 1 aromatic carbocycles. The van der Waals surface area contributed by atoms with E-state index in [0.717, 1.165) is 0 Å². The van der Waals surface area contributed by atoms with Crippen molar-refractivity contribution in [3.63, 3.8) is 0 Å². The average Bonchev–Trinajstić information content (AvgIpc) is 2.68. The van der Waals surface area contributed by atoms with Crippen LogP contribution in [0.5, 0.6) is 0 Å². The summed E-state index contributed by atoms with van der Waals surface area (Å²) < 4.78 is 14.8. The molecule has 1 aromatic heterocycles. The Hall–Kier alpha value is -2.15. The maximum atomic E-state index is 13.4. The Kier molecular flexibility index (Phi) is 2.46. The van der Waals surface area contributed by atoms with E-state index in [1.165, 1.54) is 10.7 Å². The molecule has 0 saturated heterocycles. The number of halogens is 1.